The molecule has 120 valence electrons. The Bertz CT molecular complexity index is 728. The molecule has 0 saturated heterocycles. The normalized spacial score (nSPS) is 11.4. The first kappa shape index (κ1) is 17.4. The van der Waals surface area contributed by atoms with Crippen LogP contribution < -0.4 is 16.6 Å². The average Bonchev–Trinajstić information content (AvgIpc) is 2.47. The third-order valence-electron chi connectivity index (χ3n) is 2.56. The fourth-order valence-electron chi connectivity index (χ4n) is 1.45. The summed E-state index contributed by atoms with van der Waals surface area (Å²) in [5.41, 5.74) is -1.13. The van der Waals surface area contributed by atoms with E-state index in [9.17, 15) is 19.1 Å². The Hall–Kier alpha value is -2.65. The van der Waals surface area contributed by atoms with E-state index in [1.54, 1.807) is 18.1 Å². The summed E-state index contributed by atoms with van der Waals surface area (Å²) in [5, 5.41) is 30.4. The molecule has 0 radical (unpaired) electrons. The lowest BCUT2D eigenvalue weighted by molar-refractivity contribution is 0.177. The summed E-state index contributed by atoms with van der Waals surface area (Å²) >= 11 is 0. The maximum absolute atomic E-state index is 12.0. The highest BCUT2D eigenvalue weighted by molar-refractivity contribution is 5.41. The van der Waals surface area contributed by atoms with E-state index in [1.165, 1.54) is 12.1 Å². The van der Waals surface area contributed by atoms with E-state index in [-0.39, 0.29) is 11.5 Å². The van der Waals surface area contributed by atoms with E-state index in [2.05, 4.69) is 5.32 Å². The molecule has 1 atom stereocenters. The highest BCUT2D eigenvalue weighted by atomic mass is 19.1. The number of aromatic amines is 2. The molecule has 0 aliphatic rings. The van der Waals surface area contributed by atoms with Gasteiger partial charge in [0.1, 0.15) is 0 Å². The van der Waals surface area contributed by atoms with Crippen LogP contribution in [0.4, 0.5) is 4.39 Å². The third-order valence-corrected chi connectivity index (χ3v) is 2.56. The van der Waals surface area contributed by atoms with E-state index in [0.717, 1.165) is 0 Å². The summed E-state index contributed by atoms with van der Waals surface area (Å²) in [6.07, 6.45) is 0.0396. The van der Waals surface area contributed by atoms with E-state index >= 15 is 0 Å². The zero-order chi connectivity index (χ0) is 16.7. The summed E-state index contributed by atoms with van der Waals surface area (Å²) in [6, 6.07) is 4.26. The predicted molar refractivity (Wildman–Crippen MR) is 76.3 cm³/mol. The van der Waals surface area contributed by atoms with Crippen LogP contribution in [-0.4, -0.2) is 38.9 Å². The molecule has 0 amide bonds. The van der Waals surface area contributed by atoms with Gasteiger partial charge in [-0.2, -0.15) is 4.39 Å². The number of phenols is 2. The summed E-state index contributed by atoms with van der Waals surface area (Å²) in [7, 11) is 1.73. The predicted octanol–water partition coefficient (Wildman–Crippen LogP) is -0.447. The Morgan fingerprint density at radius 2 is 1.95 bits per heavy atom. The van der Waals surface area contributed by atoms with Crippen molar-refractivity contribution in [3.8, 4) is 11.5 Å². The van der Waals surface area contributed by atoms with Crippen LogP contribution in [0.2, 0.25) is 0 Å². The fourth-order valence-corrected chi connectivity index (χ4v) is 1.45. The average molecular weight is 313 g/mol. The lowest BCUT2D eigenvalue weighted by Crippen LogP contribution is -2.23. The van der Waals surface area contributed by atoms with Gasteiger partial charge in [-0.3, -0.25) is 9.78 Å². The number of aromatic nitrogens is 2. The Morgan fingerprint density at radius 3 is 2.45 bits per heavy atom. The van der Waals surface area contributed by atoms with Crippen molar-refractivity contribution in [2.24, 2.45) is 0 Å². The molecule has 0 spiro atoms. The van der Waals surface area contributed by atoms with Crippen LogP contribution in [0.5, 0.6) is 11.5 Å². The Balaban J connectivity index is 0.000000235. The molecule has 0 unspecified atom stereocenters. The summed E-state index contributed by atoms with van der Waals surface area (Å²) in [5.74, 6) is -1.39. The number of benzene rings is 1. The molecule has 2 aromatic rings. The monoisotopic (exact) mass is 313 g/mol. The quantitative estimate of drug-likeness (QED) is 0.424. The second-order valence-corrected chi connectivity index (χ2v) is 4.24. The van der Waals surface area contributed by atoms with Crippen LogP contribution in [0.15, 0.2) is 34.0 Å². The van der Waals surface area contributed by atoms with Gasteiger partial charge in [-0.1, -0.05) is 6.07 Å². The maximum atomic E-state index is 12.0. The zero-order valence-corrected chi connectivity index (χ0v) is 11.6. The number of aromatic hydroxyl groups is 2. The molecule has 8 nitrogen and oxygen atoms in total. The lowest BCUT2D eigenvalue weighted by Gasteiger charge is -2.10. The van der Waals surface area contributed by atoms with Crippen LogP contribution >= 0.6 is 0 Å². The minimum Gasteiger partial charge on any atom is -0.504 e. The van der Waals surface area contributed by atoms with Gasteiger partial charge >= 0.3 is 5.69 Å². The van der Waals surface area contributed by atoms with Crippen molar-refractivity contribution in [2.45, 2.75) is 6.10 Å². The molecule has 1 heterocycles. The Morgan fingerprint density at radius 1 is 1.27 bits per heavy atom. The fraction of sp³-hybridized carbons (Fsp3) is 0.231. The lowest BCUT2D eigenvalue weighted by atomic mass is 10.1. The van der Waals surface area contributed by atoms with Gasteiger partial charge in [0, 0.05) is 12.7 Å². The maximum Gasteiger partial charge on any atom is 0.325 e. The highest BCUT2D eigenvalue weighted by Gasteiger charge is 2.08. The molecule has 2 rings (SSSR count). The van der Waals surface area contributed by atoms with Gasteiger partial charge in [0.2, 0.25) is 5.82 Å². The first-order chi connectivity index (χ1) is 10.3. The highest BCUT2D eigenvalue weighted by Crippen LogP contribution is 2.27. The van der Waals surface area contributed by atoms with Gasteiger partial charge in [0.15, 0.2) is 11.5 Å². The molecule has 1 aromatic heterocycles. The molecule has 0 aliphatic carbocycles. The number of halogens is 1. The van der Waals surface area contributed by atoms with Crippen LogP contribution in [0.25, 0.3) is 0 Å². The summed E-state index contributed by atoms with van der Waals surface area (Å²) in [4.78, 5) is 24.0. The van der Waals surface area contributed by atoms with Crippen molar-refractivity contribution in [1.29, 1.82) is 0 Å². The van der Waals surface area contributed by atoms with Gasteiger partial charge in [0.25, 0.3) is 5.56 Å². The van der Waals surface area contributed by atoms with E-state index in [0.29, 0.717) is 18.3 Å². The first-order valence-electron chi connectivity index (χ1n) is 6.17. The number of rotatable bonds is 3. The largest absolute Gasteiger partial charge is 0.504 e. The number of phenolic OH excluding ortho intramolecular Hbond substituents is 2. The van der Waals surface area contributed by atoms with Crippen molar-refractivity contribution in [3.63, 3.8) is 0 Å². The molecule has 1 aromatic carbocycles. The van der Waals surface area contributed by atoms with Gasteiger partial charge in [-0.25, -0.2) is 4.79 Å². The number of hydrogen-bond acceptors (Lipinski definition) is 6. The van der Waals surface area contributed by atoms with Crippen LogP contribution in [-0.2, 0) is 0 Å². The van der Waals surface area contributed by atoms with Gasteiger partial charge < -0.3 is 25.6 Å². The molecule has 0 fully saturated rings. The molecule has 0 aliphatic heterocycles. The number of hydrogen-bond donors (Lipinski definition) is 6. The van der Waals surface area contributed by atoms with E-state index in [4.69, 9.17) is 10.2 Å². The SMILES string of the molecule is CNC[C@H](O)c1ccc(O)c(O)c1.O=c1[nH]cc(F)c(=O)[nH]1. The minimum atomic E-state index is -1.00. The van der Waals surface area contributed by atoms with Crippen molar-refractivity contribution < 1.29 is 19.7 Å². The Kier molecular flexibility index (Phi) is 6.29. The van der Waals surface area contributed by atoms with Crippen molar-refractivity contribution >= 4 is 0 Å². The third kappa shape index (κ3) is 5.04. The summed E-state index contributed by atoms with van der Waals surface area (Å²) in [6.45, 7) is 0.407. The molecule has 9 heteroatoms. The van der Waals surface area contributed by atoms with Crippen molar-refractivity contribution in [2.75, 3.05) is 13.6 Å². The number of likely N-dealkylation sites (N-methyl/N-ethyl adjacent to an activating group) is 1. The minimum absolute atomic E-state index is 0.180. The Labute approximate surface area is 123 Å². The second-order valence-electron chi connectivity index (χ2n) is 4.24. The number of aliphatic hydroxyl groups excluding tert-OH is 1. The molecule has 22 heavy (non-hydrogen) atoms. The van der Waals surface area contributed by atoms with Crippen LogP contribution in [0.3, 0.4) is 0 Å². The van der Waals surface area contributed by atoms with Crippen LogP contribution in [0.1, 0.15) is 11.7 Å². The van der Waals surface area contributed by atoms with Gasteiger partial charge in [-0.15, -0.1) is 0 Å². The van der Waals surface area contributed by atoms with E-state index in [1.807, 2.05) is 4.98 Å². The van der Waals surface area contributed by atoms with E-state index < -0.39 is 23.2 Å². The van der Waals surface area contributed by atoms with Crippen LogP contribution in [0, 0.1) is 5.82 Å². The standard InChI is InChI=1S/C9H13NO3.C4H3FN2O2/c1-10-5-9(13)6-2-3-7(11)8(12)4-6;5-2-1-6-4(9)7-3(2)8/h2-4,9-13H,5H2,1H3;1H,(H2,6,7,8,9)/t9-;/m0./s1. The zero-order valence-electron chi connectivity index (χ0n) is 11.6. The first-order valence-corrected chi connectivity index (χ1v) is 6.17. The second kappa shape index (κ2) is 7.96. The van der Waals surface area contributed by atoms with Gasteiger partial charge in [-0.05, 0) is 24.7 Å². The number of H-pyrrole nitrogens is 2. The number of aliphatic hydroxyl groups is 1. The van der Waals surface area contributed by atoms with Gasteiger partial charge in [0.05, 0.1) is 6.10 Å². The number of nitrogens with one attached hydrogen (secondary N) is 3. The van der Waals surface area contributed by atoms with Crippen molar-refractivity contribution in [3.05, 3.63) is 56.6 Å². The molecule has 0 bridgehead atoms. The molecule has 0 saturated carbocycles. The topological polar surface area (TPSA) is 138 Å². The van der Waals surface area contributed by atoms with Crippen molar-refractivity contribution in [1.82, 2.24) is 15.3 Å². The smallest absolute Gasteiger partial charge is 0.325 e. The summed E-state index contributed by atoms with van der Waals surface area (Å²) < 4.78 is 12.0. The molecular weight excluding hydrogens is 297 g/mol. The molecule has 6 N–H and O–H groups in total. The molecular formula is C13H16FN3O5.